The first-order valence-electron chi connectivity index (χ1n) is 8.74. The zero-order valence-corrected chi connectivity index (χ0v) is 13.9. The smallest absolute Gasteiger partial charge is 0.223 e. The van der Waals surface area contributed by atoms with E-state index in [9.17, 15) is 14.0 Å². The van der Waals surface area contributed by atoms with Crippen LogP contribution in [0.4, 0.5) is 4.39 Å². The molecule has 1 fully saturated rings. The summed E-state index contributed by atoms with van der Waals surface area (Å²) in [4.78, 5) is 26.5. The highest BCUT2D eigenvalue weighted by Crippen LogP contribution is 2.42. The largest absolute Gasteiger partial charge is 0.338 e. The second-order valence-electron chi connectivity index (χ2n) is 6.84. The third kappa shape index (κ3) is 3.34. The number of carbonyl (C=O) groups excluding carboxylic acids is 2. The minimum Gasteiger partial charge on any atom is -0.338 e. The van der Waals surface area contributed by atoms with Crippen molar-refractivity contribution in [2.75, 3.05) is 6.54 Å². The first-order chi connectivity index (χ1) is 12.1. The summed E-state index contributed by atoms with van der Waals surface area (Å²) in [6.45, 7) is 1.24. The van der Waals surface area contributed by atoms with Gasteiger partial charge in [0.25, 0.3) is 0 Å². The third-order valence-electron chi connectivity index (χ3n) is 5.01. The molecule has 25 heavy (non-hydrogen) atoms. The SMILES string of the molecule is O=C(CCC(=O)N1CCc2[nH]nc(C3CC3)c2C1)c1ccc(F)cc1. The number of amides is 1. The van der Waals surface area contributed by atoms with Crippen molar-refractivity contribution in [2.45, 2.75) is 44.6 Å². The summed E-state index contributed by atoms with van der Waals surface area (Å²) >= 11 is 0. The Morgan fingerprint density at radius 3 is 2.68 bits per heavy atom. The average molecular weight is 341 g/mol. The van der Waals surface area contributed by atoms with E-state index in [1.54, 1.807) is 0 Å². The Hall–Kier alpha value is -2.50. The molecular weight excluding hydrogens is 321 g/mol. The minimum atomic E-state index is -0.372. The van der Waals surface area contributed by atoms with Gasteiger partial charge < -0.3 is 4.90 Å². The van der Waals surface area contributed by atoms with Crippen molar-refractivity contribution in [2.24, 2.45) is 0 Å². The van der Waals surface area contributed by atoms with E-state index in [-0.39, 0.29) is 30.3 Å². The number of hydrogen-bond acceptors (Lipinski definition) is 3. The third-order valence-corrected chi connectivity index (χ3v) is 5.01. The van der Waals surface area contributed by atoms with Gasteiger partial charge in [-0.05, 0) is 37.1 Å². The fourth-order valence-corrected chi connectivity index (χ4v) is 3.38. The second kappa shape index (κ2) is 6.43. The van der Waals surface area contributed by atoms with Gasteiger partial charge >= 0.3 is 0 Å². The highest BCUT2D eigenvalue weighted by molar-refractivity contribution is 5.97. The first kappa shape index (κ1) is 16.0. The molecule has 6 heteroatoms. The monoisotopic (exact) mass is 341 g/mol. The molecule has 0 spiro atoms. The van der Waals surface area contributed by atoms with Crippen molar-refractivity contribution in [1.82, 2.24) is 15.1 Å². The molecule has 1 N–H and O–H groups in total. The molecule has 0 radical (unpaired) electrons. The van der Waals surface area contributed by atoms with Crippen molar-refractivity contribution in [1.29, 1.82) is 0 Å². The summed E-state index contributed by atoms with van der Waals surface area (Å²) in [5, 5.41) is 7.54. The summed E-state index contributed by atoms with van der Waals surface area (Å²) in [6.07, 6.45) is 3.47. The molecule has 2 heterocycles. The van der Waals surface area contributed by atoms with Gasteiger partial charge in [-0.3, -0.25) is 14.7 Å². The van der Waals surface area contributed by atoms with Gasteiger partial charge in [-0.2, -0.15) is 5.10 Å². The molecule has 1 aliphatic heterocycles. The molecule has 0 atom stereocenters. The van der Waals surface area contributed by atoms with E-state index in [2.05, 4.69) is 10.2 Å². The molecule has 4 rings (SSSR count). The normalized spacial score (nSPS) is 16.6. The quantitative estimate of drug-likeness (QED) is 0.850. The summed E-state index contributed by atoms with van der Waals surface area (Å²) < 4.78 is 12.9. The maximum absolute atomic E-state index is 12.9. The average Bonchev–Trinajstić information content (AvgIpc) is 3.38. The highest BCUT2D eigenvalue weighted by Gasteiger charge is 2.33. The van der Waals surface area contributed by atoms with Crippen molar-refractivity contribution in [3.05, 3.63) is 52.6 Å². The molecule has 1 aromatic carbocycles. The van der Waals surface area contributed by atoms with Crippen molar-refractivity contribution in [3.8, 4) is 0 Å². The predicted octanol–water partition coefficient (Wildman–Crippen LogP) is 2.97. The Morgan fingerprint density at radius 2 is 1.96 bits per heavy atom. The molecular formula is C19H20FN3O2. The van der Waals surface area contributed by atoms with Gasteiger partial charge in [0.05, 0.1) is 5.69 Å². The number of hydrogen-bond donors (Lipinski definition) is 1. The maximum Gasteiger partial charge on any atom is 0.223 e. The molecule has 1 amide bonds. The van der Waals surface area contributed by atoms with Gasteiger partial charge in [-0.1, -0.05) is 0 Å². The topological polar surface area (TPSA) is 66.1 Å². The van der Waals surface area contributed by atoms with Crippen LogP contribution >= 0.6 is 0 Å². The summed E-state index contributed by atoms with van der Waals surface area (Å²) in [5.41, 5.74) is 3.89. The number of nitrogens with one attached hydrogen (secondary N) is 1. The molecule has 0 unspecified atom stereocenters. The standard InChI is InChI=1S/C19H20FN3O2/c20-14-5-3-12(4-6-14)17(24)7-8-18(25)23-10-9-16-15(11-23)19(22-21-16)13-1-2-13/h3-6,13H,1-2,7-11H2,(H,21,22). The summed E-state index contributed by atoms with van der Waals surface area (Å²) in [5.74, 6) is 0.0375. The highest BCUT2D eigenvalue weighted by atomic mass is 19.1. The van der Waals surface area contributed by atoms with Crippen LogP contribution in [0.25, 0.3) is 0 Å². The van der Waals surface area contributed by atoms with Crippen LogP contribution in [0.5, 0.6) is 0 Å². The molecule has 1 aliphatic carbocycles. The number of ketones is 1. The number of carbonyl (C=O) groups is 2. The van der Waals surface area contributed by atoms with Crippen molar-refractivity contribution >= 4 is 11.7 Å². The van der Waals surface area contributed by atoms with Crippen LogP contribution in [-0.4, -0.2) is 33.3 Å². The van der Waals surface area contributed by atoms with Crippen LogP contribution in [0.2, 0.25) is 0 Å². The minimum absolute atomic E-state index is 0.0101. The zero-order chi connectivity index (χ0) is 17.4. The second-order valence-corrected chi connectivity index (χ2v) is 6.84. The van der Waals surface area contributed by atoms with Crippen molar-refractivity contribution in [3.63, 3.8) is 0 Å². The van der Waals surface area contributed by atoms with Gasteiger partial charge in [-0.15, -0.1) is 0 Å². The number of halogens is 1. The van der Waals surface area contributed by atoms with E-state index >= 15 is 0 Å². The first-order valence-corrected chi connectivity index (χ1v) is 8.74. The molecule has 1 saturated carbocycles. The van der Waals surface area contributed by atoms with Crippen LogP contribution in [0.1, 0.15) is 58.9 Å². The Kier molecular flexibility index (Phi) is 4.11. The zero-order valence-electron chi connectivity index (χ0n) is 13.9. The molecule has 2 aromatic rings. The Morgan fingerprint density at radius 1 is 1.20 bits per heavy atom. The van der Waals surface area contributed by atoms with E-state index in [1.807, 2.05) is 4.90 Å². The van der Waals surface area contributed by atoms with E-state index in [0.717, 1.165) is 17.8 Å². The van der Waals surface area contributed by atoms with E-state index < -0.39 is 0 Å². The van der Waals surface area contributed by atoms with E-state index in [1.165, 1.54) is 42.7 Å². The molecule has 0 saturated heterocycles. The number of nitrogens with zero attached hydrogens (tertiary/aromatic N) is 2. The van der Waals surface area contributed by atoms with E-state index in [4.69, 9.17) is 0 Å². The predicted molar refractivity (Wildman–Crippen MR) is 89.6 cm³/mol. The number of Topliss-reactive ketones (excluding diaryl/α,β-unsaturated/α-hetero) is 1. The van der Waals surface area contributed by atoms with Gasteiger partial charge in [0, 0.05) is 55.1 Å². The van der Waals surface area contributed by atoms with Crippen LogP contribution in [0.15, 0.2) is 24.3 Å². The molecule has 1 aromatic heterocycles. The van der Waals surface area contributed by atoms with Crippen LogP contribution in [-0.2, 0) is 17.8 Å². The fraction of sp³-hybridized carbons (Fsp3) is 0.421. The van der Waals surface area contributed by atoms with Gasteiger partial charge in [0.2, 0.25) is 5.91 Å². The Labute approximate surface area is 145 Å². The number of aromatic nitrogens is 2. The van der Waals surface area contributed by atoms with Gasteiger partial charge in [0.15, 0.2) is 5.78 Å². The molecule has 2 aliphatic rings. The Balaban J connectivity index is 1.36. The lowest BCUT2D eigenvalue weighted by molar-refractivity contribution is -0.132. The number of benzene rings is 1. The molecule has 130 valence electrons. The van der Waals surface area contributed by atoms with Crippen molar-refractivity contribution < 1.29 is 14.0 Å². The van der Waals surface area contributed by atoms with Crippen LogP contribution in [0.3, 0.4) is 0 Å². The van der Waals surface area contributed by atoms with Gasteiger partial charge in [-0.25, -0.2) is 4.39 Å². The number of rotatable bonds is 5. The lowest BCUT2D eigenvalue weighted by Gasteiger charge is -2.27. The summed E-state index contributed by atoms with van der Waals surface area (Å²) in [6, 6.07) is 5.45. The lowest BCUT2D eigenvalue weighted by atomic mass is 10.0. The van der Waals surface area contributed by atoms with Crippen LogP contribution < -0.4 is 0 Å². The number of fused-ring (bicyclic) bond motifs is 1. The van der Waals surface area contributed by atoms with E-state index in [0.29, 0.717) is 24.6 Å². The number of H-pyrrole nitrogens is 1. The van der Waals surface area contributed by atoms with Crippen LogP contribution in [0, 0.1) is 5.82 Å². The Bertz CT molecular complexity index is 809. The maximum atomic E-state index is 12.9. The summed E-state index contributed by atoms with van der Waals surface area (Å²) in [7, 11) is 0. The molecule has 5 nitrogen and oxygen atoms in total. The fourth-order valence-electron chi connectivity index (χ4n) is 3.38. The lowest BCUT2D eigenvalue weighted by Crippen LogP contribution is -2.36. The van der Waals surface area contributed by atoms with Gasteiger partial charge in [0.1, 0.15) is 5.82 Å². The number of aromatic amines is 1. The molecule has 0 bridgehead atoms.